The Kier molecular flexibility index (Phi) is 3.26. The first kappa shape index (κ1) is 13.2. The molecule has 3 heteroatoms. The van der Waals surface area contributed by atoms with Crippen molar-refractivity contribution in [3.8, 4) is 0 Å². The van der Waals surface area contributed by atoms with Crippen LogP contribution in [0.25, 0.3) is 0 Å². The van der Waals surface area contributed by atoms with Gasteiger partial charge >= 0.3 is 0 Å². The first-order valence-corrected chi connectivity index (χ1v) is 6.81. The van der Waals surface area contributed by atoms with Crippen molar-refractivity contribution in [2.75, 3.05) is 16.8 Å². The molecule has 18 heavy (non-hydrogen) atoms. The van der Waals surface area contributed by atoms with Gasteiger partial charge in [0.1, 0.15) is 11.6 Å². The van der Waals surface area contributed by atoms with Crippen molar-refractivity contribution in [2.24, 2.45) is 0 Å². The molecule has 1 aliphatic heterocycles. The molecule has 1 aliphatic rings. The van der Waals surface area contributed by atoms with Gasteiger partial charge in [0.05, 0.1) is 0 Å². The van der Waals surface area contributed by atoms with Gasteiger partial charge in [-0.1, -0.05) is 6.07 Å². The molecule has 1 aromatic heterocycles. The Balaban J connectivity index is 2.22. The van der Waals surface area contributed by atoms with E-state index in [9.17, 15) is 0 Å². The number of anilines is 2. The van der Waals surface area contributed by atoms with Crippen molar-refractivity contribution >= 4 is 11.6 Å². The zero-order valence-corrected chi connectivity index (χ0v) is 12.2. The predicted octanol–water partition coefficient (Wildman–Crippen LogP) is 3.67. The van der Waals surface area contributed by atoms with Crippen LogP contribution in [0.15, 0.2) is 18.2 Å². The first-order chi connectivity index (χ1) is 8.28. The second-order valence-electron chi connectivity index (χ2n) is 6.82. The summed E-state index contributed by atoms with van der Waals surface area (Å²) in [5.74, 6) is 2.05. The molecular weight excluding hydrogens is 222 g/mol. The van der Waals surface area contributed by atoms with E-state index in [2.05, 4.69) is 57.0 Å². The highest BCUT2D eigenvalue weighted by atomic mass is 15.3. The molecule has 0 aromatic carbocycles. The standard InChI is InChI=1S/C15H25N3/c1-14(2,3)17-12-8-6-9-13(16-12)18-11-7-10-15(18,4)5/h6,8-9H,7,10-11H2,1-5H3,(H,16,17). The van der Waals surface area contributed by atoms with Gasteiger partial charge in [0, 0.05) is 17.6 Å². The summed E-state index contributed by atoms with van der Waals surface area (Å²) in [5.41, 5.74) is 0.277. The SMILES string of the molecule is CC(C)(C)Nc1cccc(N2CCCC2(C)C)n1. The fourth-order valence-electron chi connectivity index (χ4n) is 2.56. The number of hydrogen-bond acceptors (Lipinski definition) is 3. The van der Waals surface area contributed by atoms with E-state index < -0.39 is 0 Å². The normalized spacial score (nSPS) is 19.1. The van der Waals surface area contributed by atoms with Crippen LogP contribution in [0.5, 0.6) is 0 Å². The van der Waals surface area contributed by atoms with Gasteiger partial charge in [-0.3, -0.25) is 0 Å². The van der Waals surface area contributed by atoms with Crippen LogP contribution in [-0.4, -0.2) is 22.6 Å². The third kappa shape index (κ3) is 2.95. The van der Waals surface area contributed by atoms with E-state index in [0.717, 1.165) is 18.2 Å². The summed E-state index contributed by atoms with van der Waals surface area (Å²) in [6.45, 7) is 12.2. The molecule has 3 nitrogen and oxygen atoms in total. The molecule has 1 saturated heterocycles. The number of pyridine rings is 1. The summed E-state index contributed by atoms with van der Waals surface area (Å²) in [6, 6.07) is 6.24. The lowest BCUT2D eigenvalue weighted by molar-refractivity contribution is 0.514. The Morgan fingerprint density at radius 1 is 1.28 bits per heavy atom. The van der Waals surface area contributed by atoms with Gasteiger partial charge < -0.3 is 10.2 Å². The average molecular weight is 247 g/mol. The van der Waals surface area contributed by atoms with Crippen LogP contribution in [0.3, 0.4) is 0 Å². The fourth-order valence-corrected chi connectivity index (χ4v) is 2.56. The minimum atomic E-state index is 0.0478. The summed E-state index contributed by atoms with van der Waals surface area (Å²) in [4.78, 5) is 7.17. The van der Waals surface area contributed by atoms with Crippen molar-refractivity contribution < 1.29 is 0 Å². The number of hydrogen-bond donors (Lipinski definition) is 1. The third-order valence-corrected chi connectivity index (χ3v) is 3.42. The second-order valence-corrected chi connectivity index (χ2v) is 6.82. The topological polar surface area (TPSA) is 28.2 Å². The van der Waals surface area contributed by atoms with Crippen LogP contribution in [0.2, 0.25) is 0 Å². The molecule has 100 valence electrons. The molecule has 1 N–H and O–H groups in total. The maximum Gasteiger partial charge on any atom is 0.131 e. The zero-order chi connectivity index (χ0) is 13.4. The minimum absolute atomic E-state index is 0.0478. The summed E-state index contributed by atoms with van der Waals surface area (Å²) < 4.78 is 0. The lowest BCUT2D eigenvalue weighted by atomic mass is 10.0. The largest absolute Gasteiger partial charge is 0.365 e. The van der Waals surface area contributed by atoms with Crippen molar-refractivity contribution in [2.45, 2.75) is 58.5 Å². The molecule has 1 fully saturated rings. The monoisotopic (exact) mass is 247 g/mol. The van der Waals surface area contributed by atoms with E-state index in [1.54, 1.807) is 0 Å². The Bertz CT molecular complexity index is 418. The summed E-state index contributed by atoms with van der Waals surface area (Å²) in [7, 11) is 0. The van der Waals surface area contributed by atoms with Gasteiger partial charge in [-0.15, -0.1) is 0 Å². The molecular formula is C15H25N3. The molecule has 2 heterocycles. The molecule has 0 bridgehead atoms. The lowest BCUT2D eigenvalue weighted by Crippen LogP contribution is -2.38. The fraction of sp³-hybridized carbons (Fsp3) is 0.667. The van der Waals surface area contributed by atoms with E-state index in [1.165, 1.54) is 12.8 Å². The van der Waals surface area contributed by atoms with E-state index in [-0.39, 0.29) is 11.1 Å². The van der Waals surface area contributed by atoms with Gasteiger partial charge in [-0.2, -0.15) is 0 Å². The Hall–Kier alpha value is -1.25. The van der Waals surface area contributed by atoms with Crippen LogP contribution >= 0.6 is 0 Å². The van der Waals surface area contributed by atoms with Crippen molar-refractivity contribution in [3.63, 3.8) is 0 Å². The number of rotatable bonds is 2. The molecule has 0 spiro atoms. The summed E-state index contributed by atoms with van der Waals surface area (Å²) in [6.07, 6.45) is 2.50. The Morgan fingerprint density at radius 2 is 2.00 bits per heavy atom. The van der Waals surface area contributed by atoms with Crippen LogP contribution in [0.4, 0.5) is 11.6 Å². The maximum atomic E-state index is 4.75. The van der Waals surface area contributed by atoms with E-state index >= 15 is 0 Å². The third-order valence-electron chi connectivity index (χ3n) is 3.42. The maximum absolute atomic E-state index is 4.75. The zero-order valence-electron chi connectivity index (χ0n) is 12.2. The van der Waals surface area contributed by atoms with Gasteiger partial charge in [-0.25, -0.2) is 4.98 Å². The highest BCUT2D eigenvalue weighted by Crippen LogP contribution is 2.32. The number of aromatic nitrogens is 1. The summed E-state index contributed by atoms with van der Waals surface area (Å²) in [5, 5.41) is 3.43. The Morgan fingerprint density at radius 3 is 2.56 bits per heavy atom. The highest BCUT2D eigenvalue weighted by Gasteiger charge is 2.32. The molecule has 0 amide bonds. The smallest absolute Gasteiger partial charge is 0.131 e. The molecule has 0 atom stereocenters. The lowest BCUT2D eigenvalue weighted by Gasteiger charge is -2.33. The van der Waals surface area contributed by atoms with Gasteiger partial charge in [0.25, 0.3) is 0 Å². The second kappa shape index (κ2) is 4.45. The molecule has 0 aliphatic carbocycles. The molecule has 0 saturated carbocycles. The Labute approximate surface area is 111 Å². The molecule has 0 unspecified atom stereocenters. The van der Waals surface area contributed by atoms with Crippen molar-refractivity contribution in [1.82, 2.24) is 4.98 Å². The van der Waals surface area contributed by atoms with Crippen LogP contribution in [0.1, 0.15) is 47.5 Å². The van der Waals surface area contributed by atoms with E-state index in [0.29, 0.717) is 0 Å². The van der Waals surface area contributed by atoms with Crippen molar-refractivity contribution in [3.05, 3.63) is 18.2 Å². The minimum Gasteiger partial charge on any atom is -0.365 e. The van der Waals surface area contributed by atoms with Gasteiger partial charge in [0.2, 0.25) is 0 Å². The van der Waals surface area contributed by atoms with E-state index in [1.807, 2.05) is 6.07 Å². The predicted molar refractivity (Wildman–Crippen MR) is 78.3 cm³/mol. The van der Waals surface area contributed by atoms with Gasteiger partial charge in [0.15, 0.2) is 0 Å². The molecule has 2 rings (SSSR count). The van der Waals surface area contributed by atoms with E-state index in [4.69, 9.17) is 4.98 Å². The molecule has 0 radical (unpaired) electrons. The van der Waals surface area contributed by atoms with Gasteiger partial charge in [-0.05, 0) is 59.6 Å². The number of nitrogens with one attached hydrogen (secondary N) is 1. The van der Waals surface area contributed by atoms with Crippen molar-refractivity contribution in [1.29, 1.82) is 0 Å². The van der Waals surface area contributed by atoms with Crippen LogP contribution in [0, 0.1) is 0 Å². The summed E-state index contributed by atoms with van der Waals surface area (Å²) >= 11 is 0. The van der Waals surface area contributed by atoms with Crippen LogP contribution in [-0.2, 0) is 0 Å². The first-order valence-electron chi connectivity index (χ1n) is 6.81. The highest BCUT2D eigenvalue weighted by molar-refractivity contribution is 5.50. The molecule has 1 aromatic rings. The average Bonchev–Trinajstić information content (AvgIpc) is 2.56. The van der Waals surface area contributed by atoms with Crippen LogP contribution < -0.4 is 10.2 Å². The number of nitrogens with zero attached hydrogens (tertiary/aromatic N) is 2. The quantitative estimate of drug-likeness (QED) is 0.864.